The Kier molecular flexibility index (Phi) is 9.14. The van der Waals surface area contributed by atoms with Crippen LogP contribution in [0.1, 0.15) is 44.6 Å². The van der Waals surface area contributed by atoms with Gasteiger partial charge in [0.2, 0.25) is 5.82 Å². The Morgan fingerprint density at radius 1 is 1.00 bits per heavy atom. The number of rotatable bonds is 6. The molecule has 5 rings (SSSR count). The Morgan fingerprint density at radius 3 is 2.22 bits per heavy atom. The van der Waals surface area contributed by atoms with Gasteiger partial charge in [-0.3, -0.25) is 9.59 Å². The van der Waals surface area contributed by atoms with Gasteiger partial charge in [-0.05, 0) is 74.6 Å². The topological polar surface area (TPSA) is 129 Å². The molecule has 9 nitrogen and oxygen atoms in total. The molecule has 0 amide bonds. The maximum Gasteiger partial charge on any atom is 0.418 e. The number of aliphatic carboxylic acids is 2. The van der Waals surface area contributed by atoms with Crippen molar-refractivity contribution in [2.45, 2.75) is 57.4 Å². The molecule has 1 saturated heterocycles. The number of benzene rings is 2. The average Bonchev–Trinajstić information content (AvgIpc) is 3.59. The van der Waals surface area contributed by atoms with Crippen LogP contribution in [0.2, 0.25) is 0 Å². The van der Waals surface area contributed by atoms with E-state index in [1.165, 1.54) is 12.1 Å². The lowest BCUT2D eigenvalue weighted by atomic mass is 10.0. The van der Waals surface area contributed by atoms with Crippen LogP contribution >= 0.6 is 0 Å². The van der Waals surface area contributed by atoms with Crippen molar-refractivity contribution in [2.24, 2.45) is 5.92 Å². The van der Waals surface area contributed by atoms with Crippen molar-refractivity contribution in [3.63, 3.8) is 0 Å². The lowest BCUT2D eigenvalue weighted by Crippen LogP contribution is -2.35. The number of carboxylic acid groups (broad SMARTS) is 2. The summed E-state index contributed by atoms with van der Waals surface area (Å²) in [6.07, 6.45) is -3.20. The van der Waals surface area contributed by atoms with E-state index in [9.17, 15) is 22.4 Å². The van der Waals surface area contributed by atoms with Crippen LogP contribution in [0.3, 0.4) is 0 Å². The standard InChI is InChI=1S/C26H26F4N4O3.C2H4O2/c27-18-9-11-34(12-10-18)22-8-4-16(14-21(22)26(28,29)30)23-32-24(37-33-23)15-1-5-19(6-2-15)31-20-7-3-17(13-20)25(35)36;1-2(3)4/h1-2,4-6,8,14,17-18,20,31H,3,7,9-13H2,(H,35,36);1H3,(H,3,4)/t17-,20-;/m0./s1. The molecule has 41 heavy (non-hydrogen) atoms. The lowest BCUT2D eigenvalue weighted by Gasteiger charge is -2.32. The first-order valence-electron chi connectivity index (χ1n) is 13.1. The number of halogens is 4. The fourth-order valence-corrected chi connectivity index (χ4v) is 5.01. The Bertz CT molecular complexity index is 1350. The minimum atomic E-state index is -4.60. The van der Waals surface area contributed by atoms with Crippen molar-refractivity contribution in [3.8, 4) is 22.8 Å². The van der Waals surface area contributed by atoms with E-state index >= 15 is 0 Å². The zero-order valence-corrected chi connectivity index (χ0v) is 22.2. The zero-order chi connectivity index (χ0) is 29.7. The van der Waals surface area contributed by atoms with Gasteiger partial charge in [-0.2, -0.15) is 18.2 Å². The van der Waals surface area contributed by atoms with Gasteiger partial charge in [0.1, 0.15) is 6.17 Å². The smallest absolute Gasteiger partial charge is 0.418 e. The predicted molar refractivity (Wildman–Crippen MR) is 142 cm³/mol. The van der Waals surface area contributed by atoms with Crippen molar-refractivity contribution in [1.29, 1.82) is 0 Å². The van der Waals surface area contributed by atoms with E-state index in [1.807, 2.05) is 12.1 Å². The first-order valence-corrected chi connectivity index (χ1v) is 13.1. The Labute approximate surface area is 233 Å². The largest absolute Gasteiger partial charge is 0.481 e. The quantitative estimate of drug-likeness (QED) is 0.297. The summed E-state index contributed by atoms with van der Waals surface area (Å²) >= 11 is 0. The molecular formula is C28H30F4N4O5. The Morgan fingerprint density at radius 2 is 1.63 bits per heavy atom. The van der Waals surface area contributed by atoms with Crippen LogP contribution in [0.5, 0.6) is 0 Å². The van der Waals surface area contributed by atoms with Crippen molar-refractivity contribution >= 4 is 23.3 Å². The summed E-state index contributed by atoms with van der Waals surface area (Å²) < 4.78 is 60.5. The molecular weight excluding hydrogens is 548 g/mol. The molecule has 3 N–H and O–H groups in total. The summed E-state index contributed by atoms with van der Waals surface area (Å²) in [5.74, 6) is -1.74. The van der Waals surface area contributed by atoms with Gasteiger partial charge in [-0.1, -0.05) is 5.16 Å². The maximum atomic E-state index is 13.9. The molecule has 1 aliphatic heterocycles. The third kappa shape index (κ3) is 7.74. The van der Waals surface area contributed by atoms with Gasteiger partial charge < -0.3 is 25.0 Å². The van der Waals surface area contributed by atoms with Gasteiger partial charge in [0.25, 0.3) is 11.9 Å². The van der Waals surface area contributed by atoms with Crippen LogP contribution in [-0.4, -0.2) is 57.6 Å². The molecule has 1 saturated carbocycles. The highest BCUT2D eigenvalue weighted by Gasteiger charge is 2.36. The minimum Gasteiger partial charge on any atom is -0.481 e. The van der Waals surface area contributed by atoms with Gasteiger partial charge in [0.15, 0.2) is 0 Å². The number of nitrogens with one attached hydrogen (secondary N) is 1. The van der Waals surface area contributed by atoms with E-state index in [2.05, 4.69) is 15.5 Å². The SMILES string of the molecule is CC(=O)O.O=C(O)[C@H]1CC[C@H](Nc2ccc(-c3nc(-c4ccc(N5CCC(F)CC5)c(C(F)(F)F)c4)no3)cc2)C1. The fraction of sp³-hybridized carbons (Fsp3) is 0.429. The average molecular weight is 579 g/mol. The molecule has 2 heterocycles. The number of piperidine rings is 1. The highest BCUT2D eigenvalue weighted by molar-refractivity contribution is 5.71. The normalized spacial score (nSPS) is 19.4. The van der Waals surface area contributed by atoms with Crippen molar-refractivity contribution in [1.82, 2.24) is 10.1 Å². The van der Waals surface area contributed by atoms with Gasteiger partial charge in [0.05, 0.1) is 11.5 Å². The molecule has 0 spiro atoms. The van der Waals surface area contributed by atoms with Gasteiger partial charge >= 0.3 is 12.1 Å². The van der Waals surface area contributed by atoms with E-state index in [0.717, 1.165) is 25.1 Å². The summed E-state index contributed by atoms with van der Waals surface area (Å²) in [7, 11) is 0. The Hall–Kier alpha value is -4.16. The molecule has 2 fully saturated rings. The van der Waals surface area contributed by atoms with Crippen LogP contribution in [0.4, 0.5) is 28.9 Å². The van der Waals surface area contributed by atoms with Crippen molar-refractivity contribution in [2.75, 3.05) is 23.3 Å². The molecule has 0 unspecified atom stereocenters. The van der Waals surface area contributed by atoms with Gasteiger partial charge in [-0.15, -0.1) is 0 Å². The zero-order valence-electron chi connectivity index (χ0n) is 22.2. The third-order valence-electron chi connectivity index (χ3n) is 7.04. The van der Waals surface area contributed by atoms with Crippen LogP contribution in [0.15, 0.2) is 47.0 Å². The molecule has 1 aromatic heterocycles. The molecule has 2 aromatic carbocycles. The monoisotopic (exact) mass is 578 g/mol. The van der Waals surface area contributed by atoms with Crippen LogP contribution < -0.4 is 10.2 Å². The molecule has 0 bridgehead atoms. The number of alkyl halides is 4. The summed E-state index contributed by atoms with van der Waals surface area (Å²) in [5, 5.41) is 23.8. The Balaban J connectivity index is 0.000000909. The number of aromatic nitrogens is 2. The number of hydrogen-bond donors (Lipinski definition) is 3. The molecule has 3 aromatic rings. The maximum absolute atomic E-state index is 13.9. The number of nitrogens with zero attached hydrogens (tertiary/aromatic N) is 3. The number of carbonyl (C=O) groups is 2. The second-order valence-corrected chi connectivity index (χ2v) is 10.1. The van der Waals surface area contributed by atoms with E-state index in [-0.39, 0.29) is 60.9 Å². The van der Waals surface area contributed by atoms with Gasteiger partial charge in [-0.25, -0.2) is 4.39 Å². The summed E-state index contributed by atoms with van der Waals surface area (Å²) in [5.41, 5.74) is 0.787. The van der Waals surface area contributed by atoms with E-state index in [4.69, 9.17) is 19.5 Å². The second-order valence-electron chi connectivity index (χ2n) is 10.1. The van der Waals surface area contributed by atoms with E-state index in [0.29, 0.717) is 18.4 Å². The number of carboxylic acids is 2. The summed E-state index contributed by atoms with van der Waals surface area (Å²) in [6.45, 7) is 1.53. The molecule has 0 radical (unpaired) electrons. The van der Waals surface area contributed by atoms with Crippen LogP contribution in [-0.2, 0) is 15.8 Å². The third-order valence-corrected chi connectivity index (χ3v) is 7.04. The van der Waals surface area contributed by atoms with Crippen LogP contribution in [0.25, 0.3) is 22.8 Å². The lowest BCUT2D eigenvalue weighted by molar-refractivity contribution is -0.141. The first kappa shape index (κ1) is 29.8. The summed E-state index contributed by atoms with van der Waals surface area (Å²) in [6, 6.07) is 11.1. The van der Waals surface area contributed by atoms with Crippen molar-refractivity contribution < 1.29 is 41.9 Å². The van der Waals surface area contributed by atoms with Gasteiger partial charge in [0, 0.05) is 48.6 Å². The molecule has 2 atom stereocenters. The highest BCUT2D eigenvalue weighted by atomic mass is 19.4. The number of hydrogen-bond acceptors (Lipinski definition) is 7. The fourth-order valence-electron chi connectivity index (χ4n) is 5.01. The summed E-state index contributed by atoms with van der Waals surface area (Å²) in [4.78, 5) is 26.0. The van der Waals surface area contributed by atoms with E-state index in [1.54, 1.807) is 17.0 Å². The highest BCUT2D eigenvalue weighted by Crippen LogP contribution is 2.40. The van der Waals surface area contributed by atoms with Crippen molar-refractivity contribution in [3.05, 3.63) is 48.0 Å². The van der Waals surface area contributed by atoms with E-state index < -0.39 is 29.9 Å². The predicted octanol–water partition coefficient (Wildman–Crippen LogP) is 6.12. The molecule has 2 aliphatic rings. The molecule has 13 heteroatoms. The van der Waals surface area contributed by atoms with Crippen LogP contribution in [0, 0.1) is 5.92 Å². The first-order chi connectivity index (χ1) is 19.4. The second kappa shape index (κ2) is 12.6. The number of anilines is 2. The molecule has 1 aliphatic carbocycles. The molecule has 220 valence electrons. The minimum absolute atomic E-state index is 0.0203.